The maximum absolute atomic E-state index is 12.2. The molecule has 0 aliphatic carbocycles. The number of hydroxylamine groups is 2. The first-order chi connectivity index (χ1) is 8.34. The van der Waals surface area contributed by atoms with Crippen LogP contribution in [0.5, 0.6) is 0 Å². The lowest BCUT2D eigenvalue weighted by Crippen LogP contribution is -3.21. The Morgan fingerprint density at radius 2 is 1.29 bits per heavy atom. The van der Waals surface area contributed by atoms with E-state index in [0.717, 1.165) is 17.5 Å². The fourth-order valence-electron chi connectivity index (χ4n) is 2.70. The molecule has 1 aliphatic heterocycles. The van der Waals surface area contributed by atoms with Gasteiger partial charge in [-0.3, -0.25) is 0 Å². The molecular weight excluding hydrogens is 210 g/mol. The number of quaternary nitrogens is 1. The van der Waals surface area contributed by atoms with E-state index in [1.54, 1.807) is 0 Å². The number of nitrogens with one attached hydrogen (secondary N) is 1. The van der Waals surface area contributed by atoms with Crippen molar-refractivity contribution >= 4 is 0 Å². The molecule has 0 spiro atoms. The van der Waals surface area contributed by atoms with E-state index in [-0.39, 0.29) is 5.54 Å². The van der Waals surface area contributed by atoms with E-state index in [1.807, 2.05) is 36.4 Å². The largest absolute Gasteiger partial charge is 0.633 e. The van der Waals surface area contributed by atoms with Crippen molar-refractivity contribution in [1.82, 2.24) is 0 Å². The summed E-state index contributed by atoms with van der Waals surface area (Å²) in [6.07, 6.45) is 0.930. The van der Waals surface area contributed by atoms with Crippen molar-refractivity contribution in [3.63, 3.8) is 0 Å². The van der Waals surface area contributed by atoms with E-state index in [1.165, 1.54) is 0 Å². The van der Waals surface area contributed by atoms with Gasteiger partial charge in [-0.1, -0.05) is 60.7 Å². The zero-order valence-electron chi connectivity index (χ0n) is 9.60. The molecule has 1 heterocycles. The maximum Gasteiger partial charge on any atom is 0.154 e. The molecule has 1 unspecified atom stereocenters. The number of hydrogen-bond acceptors (Lipinski definition) is 1. The highest BCUT2D eigenvalue weighted by atomic mass is 16.5. The van der Waals surface area contributed by atoms with Gasteiger partial charge in [-0.15, -0.1) is 0 Å². The third-order valence-electron chi connectivity index (χ3n) is 3.74. The summed E-state index contributed by atoms with van der Waals surface area (Å²) in [5.74, 6) is 0. The Morgan fingerprint density at radius 1 is 0.824 bits per heavy atom. The average molecular weight is 225 g/mol. The Kier molecular flexibility index (Phi) is 2.46. The third-order valence-corrected chi connectivity index (χ3v) is 3.74. The standard InChI is InChI=1S/C15H15NO/c17-16-12-11-15(16,13-7-3-1-4-8-13)14-9-5-2-6-10-14/h1-10,16H,11-12H2. The summed E-state index contributed by atoms with van der Waals surface area (Å²) in [5.41, 5.74) is 1.88. The Labute approximate surface area is 101 Å². The lowest BCUT2D eigenvalue weighted by molar-refractivity contribution is -0.953. The minimum Gasteiger partial charge on any atom is -0.633 e. The second-order valence-electron chi connectivity index (χ2n) is 4.56. The highest BCUT2D eigenvalue weighted by Crippen LogP contribution is 2.33. The smallest absolute Gasteiger partial charge is 0.154 e. The van der Waals surface area contributed by atoms with Gasteiger partial charge in [-0.25, -0.2) is 0 Å². The molecule has 2 nitrogen and oxygen atoms in total. The Hall–Kier alpha value is -1.64. The Balaban J connectivity index is 2.12. The van der Waals surface area contributed by atoms with Gasteiger partial charge < -0.3 is 10.3 Å². The van der Waals surface area contributed by atoms with Crippen LogP contribution in [0.4, 0.5) is 0 Å². The summed E-state index contributed by atoms with van der Waals surface area (Å²) in [6.45, 7) is 0.698. The van der Waals surface area contributed by atoms with Crippen LogP contribution in [0.25, 0.3) is 0 Å². The average Bonchev–Trinajstić information content (AvgIpc) is 2.40. The Morgan fingerprint density at radius 3 is 1.59 bits per heavy atom. The molecule has 0 aromatic heterocycles. The fraction of sp³-hybridized carbons (Fsp3) is 0.200. The van der Waals surface area contributed by atoms with Crippen LogP contribution in [0.1, 0.15) is 17.5 Å². The minimum absolute atomic E-state index is 0.343. The third kappa shape index (κ3) is 1.49. The van der Waals surface area contributed by atoms with Crippen molar-refractivity contribution in [1.29, 1.82) is 0 Å². The lowest BCUT2D eigenvalue weighted by Gasteiger charge is -2.52. The molecule has 17 heavy (non-hydrogen) atoms. The molecule has 1 atom stereocenters. The summed E-state index contributed by atoms with van der Waals surface area (Å²) in [7, 11) is 0. The SMILES string of the molecule is [O-][NH+]1CCC1(c1ccccc1)c1ccccc1. The highest BCUT2D eigenvalue weighted by molar-refractivity contribution is 5.37. The van der Waals surface area contributed by atoms with Gasteiger partial charge in [-0.2, -0.15) is 0 Å². The number of hydrogen-bond donors (Lipinski definition) is 1. The van der Waals surface area contributed by atoms with Crippen LogP contribution in [-0.4, -0.2) is 6.54 Å². The molecular formula is C15H15NO. The van der Waals surface area contributed by atoms with Gasteiger partial charge in [0.1, 0.15) is 0 Å². The van der Waals surface area contributed by atoms with Gasteiger partial charge in [0.15, 0.2) is 5.54 Å². The molecule has 0 amide bonds. The highest BCUT2D eigenvalue weighted by Gasteiger charge is 2.48. The minimum atomic E-state index is -0.372. The van der Waals surface area contributed by atoms with Crippen molar-refractivity contribution in [2.24, 2.45) is 0 Å². The fourth-order valence-corrected chi connectivity index (χ4v) is 2.70. The summed E-state index contributed by atoms with van der Waals surface area (Å²) in [6, 6.07) is 20.2. The topological polar surface area (TPSA) is 27.5 Å². The van der Waals surface area contributed by atoms with E-state index < -0.39 is 0 Å². The van der Waals surface area contributed by atoms with E-state index in [9.17, 15) is 5.21 Å². The lowest BCUT2D eigenvalue weighted by atomic mass is 9.75. The monoisotopic (exact) mass is 225 g/mol. The quantitative estimate of drug-likeness (QED) is 0.774. The maximum atomic E-state index is 12.2. The molecule has 1 saturated heterocycles. The van der Waals surface area contributed by atoms with Gasteiger partial charge in [0.05, 0.1) is 13.0 Å². The molecule has 1 aliphatic rings. The normalized spacial score (nSPS) is 21.8. The van der Waals surface area contributed by atoms with E-state index >= 15 is 0 Å². The van der Waals surface area contributed by atoms with Gasteiger partial charge in [-0.05, 0) is 0 Å². The van der Waals surface area contributed by atoms with Crippen molar-refractivity contribution in [3.05, 3.63) is 77.0 Å². The number of rotatable bonds is 2. The molecule has 1 fully saturated rings. The molecule has 2 aromatic rings. The second-order valence-corrected chi connectivity index (χ2v) is 4.56. The first-order valence-electron chi connectivity index (χ1n) is 5.98. The first-order valence-corrected chi connectivity index (χ1v) is 5.98. The van der Waals surface area contributed by atoms with Crippen LogP contribution in [0.15, 0.2) is 60.7 Å². The van der Waals surface area contributed by atoms with Crippen molar-refractivity contribution in [2.45, 2.75) is 12.0 Å². The predicted octanol–water partition coefficient (Wildman–Crippen LogP) is 1.72. The van der Waals surface area contributed by atoms with E-state index in [4.69, 9.17) is 0 Å². The van der Waals surface area contributed by atoms with Crippen molar-refractivity contribution in [2.75, 3.05) is 6.54 Å². The molecule has 2 heteroatoms. The van der Waals surface area contributed by atoms with Crippen molar-refractivity contribution in [3.8, 4) is 0 Å². The summed E-state index contributed by atoms with van der Waals surface area (Å²) in [4.78, 5) is 0. The van der Waals surface area contributed by atoms with Crippen molar-refractivity contribution < 1.29 is 5.06 Å². The van der Waals surface area contributed by atoms with E-state index in [2.05, 4.69) is 24.3 Å². The molecule has 0 saturated carbocycles. The van der Waals surface area contributed by atoms with Crippen LogP contribution in [0, 0.1) is 5.21 Å². The van der Waals surface area contributed by atoms with Gasteiger partial charge in [0.2, 0.25) is 0 Å². The molecule has 2 aromatic carbocycles. The molecule has 1 N–H and O–H groups in total. The van der Waals surface area contributed by atoms with Gasteiger partial charge >= 0.3 is 0 Å². The van der Waals surface area contributed by atoms with Gasteiger partial charge in [0.25, 0.3) is 0 Å². The van der Waals surface area contributed by atoms with Crippen LogP contribution < -0.4 is 5.06 Å². The summed E-state index contributed by atoms with van der Waals surface area (Å²) >= 11 is 0. The van der Waals surface area contributed by atoms with Crippen LogP contribution in [0.2, 0.25) is 0 Å². The van der Waals surface area contributed by atoms with Crippen LogP contribution >= 0.6 is 0 Å². The zero-order valence-corrected chi connectivity index (χ0v) is 9.60. The second kappa shape index (κ2) is 3.99. The van der Waals surface area contributed by atoms with Gasteiger partial charge in [0, 0.05) is 11.1 Å². The van der Waals surface area contributed by atoms with Crippen LogP contribution in [0.3, 0.4) is 0 Å². The molecule has 0 bridgehead atoms. The molecule has 3 rings (SSSR count). The molecule has 0 radical (unpaired) electrons. The van der Waals surface area contributed by atoms with E-state index in [0.29, 0.717) is 11.6 Å². The predicted molar refractivity (Wildman–Crippen MR) is 67.5 cm³/mol. The zero-order chi connectivity index (χ0) is 11.7. The summed E-state index contributed by atoms with van der Waals surface area (Å²) in [5, 5.41) is 12.5. The van der Waals surface area contributed by atoms with Crippen LogP contribution in [-0.2, 0) is 5.54 Å². The molecule has 86 valence electrons. The number of benzene rings is 2. The first kappa shape index (κ1) is 10.5. The summed E-state index contributed by atoms with van der Waals surface area (Å²) < 4.78 is 0. The Bertz CT molecular complexity index is 455.